The average Bonchev–Trinajstić information content (AvgIpc) is 3.53. The Labute approximate surface area is 288 Å². The number of ether oxygens (including phenoxy) is 1. The van der Waals surface area contributed by atoms with Crippen molar-refractivity contribution in [1.82, 2.24) is 37.0 Å². The highest BCUT2D eigenvalue weighted by molar-refractivity contribution is 7.99. The second-order valence-corrected chi connectivity index (χ2v) is 16.9. The first kappa shape index (κ1) is 35.4. The van der Waals surface area contributed by atoms with Crippen molar-refractivity contribution in [2.45, 2.75) is 133 Å². The fraction of sp³-hybridized carbons (Fsp3) is 0.824. The van der Waals surface area contributed by atoms with E-state index in [1.165, 1.54) is 35.7 Å². The summed E-state index contributed by atoms with van der Waals surface area (Å²) in [4.78, 5) is 55.1. The van der Waals surface area contributed by atoms with Gasteiger partial charge in [0, 0.05) is 12.5 Å². The predicted molar refractivity (Wildman–Crippen MR) is 182 cm³/mol. The van der Waals surface area contributed by atoms with Gasteiger partial charge in [0.25, 0.3) is 0 Å². The Bertz CT molecular complexity index is 1230. The number of nitrogens with one attached hydrogen (secondary N) is 5. The first-order valence-electron chi connectivity index (χ1n) is 18.1. The highest BCUT2D eigenvalue weighted by atomic mass is 32.2. The molecule has 6 rings (SSSR count). The molecule has 6 aliphatic rings. The number of fused-ring (bicyclic) bond motifs is 2. The normalized spacial score (nSPS) is 39.0. The lowest BCUT2D eigenvalue weighted by molar-refractivity contribution is -0.145. The molecule has 0 spiro atoms. The molecule has 48 heavy (non-hydrogen) atoms. The quantitative estimate of drug-likeness (QED) is 0.235. The molecule has 6 N–H and O–H groups in total. The zero-order valence-electron chi connectivity index (χ0n) is 28.7. The van der Waals surface area contributed by atoms with Crippen molar-refractivity contribution in [3.8, 4) is 0 Å². The molecule has 4 aliphatic heterocycles. The molecule has 3 saturated heterocycles. The summed E-state index contributed by atoms with van der Waals surface area (Å²) < 4.78 is 5.50. The van der Waals surface area contributed by atoms with Crippen molar-refractivity contribution in [2.24, 2.45) is 23.7 Å². The molecule has 268 valence electrons. The minimum Gasteiger partial charge on any atom is -0.479 e. The van der Waals surface area contributed by atoms with Crippen molar-refractivity contribution in [3.63, 3.8) is 0 Å². The second kappa shape index (κ2) is 14.8. The Morgan fingerprint density at radius 3 is 2.52 bits per heavy atom. The maximum Gasteiger partial charge on any atom is 0.408 e. The maximum absolute atomic E-state index is 14.3. The Morgan fingerprint density at radius 1 is 1.04 bits per heavy atom. The van der Waals surface area contributed by atoms with Crippen molar-refractivity contribution in [1.29, 1.82) is 0 Å². The lowest BCUT2D eigenvalue weighted by atomic mass is 9.75. The molecule has 14 heteroatoms. The van der Waals surface area contributed by atoms with Crippen molar-refractivity contribution in [3.05, 3.63) is 12.2 Å². The highest BCUT2D eigenvalue weighted by Gasteiger charge is 2.61. The van der Waals surface area contributed by atoms with E-state index >= 15 is 0 Å². The number of carboxylic acid groups (broad SMARTS) is 1. The molecular formula is C34H55N7O6S. The minimum absolute atomic E-state index is 0.0300. The van der Waals surface area contributed by atoms with Gasteiger partial charge in [-0.2, -0.15) is 22.4 Å². The molecule has 0 aromatic heterocycles. The summed E-state index contributed by atoms with van der Waals surface area (Å²) in [5.74, 6) is 2.53. The van der Waals surface area contributed by atoms with Crippen LogP contribution in [0.1, 0.15) is 97.8 Å². The topological polar surface area (TPSA) is 164 Å². The van der Waals surface area contributed by atoms with Gasteiger partial charge in [0.05, 0.1) is 12.2 Å². The van der Waals surface area contributed by atoms with E-state index in [4.69, 9.17) is 4.74 Å². The summed E-state index contributed by atoms with van der Waals surface area (Å²) in [5, 5.41) is 17.7. The monoisotopic (exact) mass is 689 g/mol. The van der Waals surface area contributed by atoms with Gasteiger partial charge in [0.15, 0.2) is 0 Å². The first-order valence-corrected chi connectivity index (χ1v) is 19.3. The number of alkyl carbamates (subject to hydrolysis) is 1. The van der Waals surface area contributed by atoms with Gasteiger partial charge in [-0.25, -0.2) is 20.4 Å². The summed E-state index contributed by atoms with van der Waals surface area (Å²) in [5.41, 5.74) is 8.15. The molecule has 2 saturated carbocycles. The third kappa shape index (κ3) is 8.14. The van der Waals surface area contributed by atoms with Gasteiger partial charge in [-0.1, -0.05) is 25.0 Å². The molecule has 3 amide bonds. The molecule has 0 aromatic rings. The number of amides is 3. The van der Waals surface area contributed by atoms with E-state index in [2.05, 4.69) is 38.8 Å². The number of carbonyl (C=O) groups is 4. The van der Waals surface area contributed by atoms with Gasteiger partial charge in [-0.15, -0.1) is 0 Å². The number of allylic oxidation sites excluding steroid dienone is 1. The third-order valence-electron chi connectivity index (χ3n) is 11.2. The number of thioether (sulfide) groups is 1. The minimum atomic E-state index is -1.37. The number of aliphatic carboxylic acids is 1. The molecule has 5 fully saturated rings. The van der Waals surface area contributed by atoms with E-state index in [0.717, 1.165) is 43.9 Å². The van der Waals surface area contributed by atoms with Crippen LogP contribution in [0.3, 0.4) is 0 Å². The van der Waals surface area contributed by atoms with Crippen LogP contribution in [0.5, 0.6) is 0 Å². The van der Waals surface area contributed by atoms with E-state index < -0.39 is 41.2 Å². The van der Waals surface area contributed by atoms with Gasteiger partial charge in [0.1, 0.15) is 23.2 Å². The van der Waals surface area contributed by atoms with E-state index in [1.807, 2.05) is 17.3 Å². The Kier molecular flexibility index (Phi) is 11.0. The van der Waals surface area contributed by atoms with Crippen LogP contribution in [0.2, 0.25) is 0 Å². The van der Waals surface area contributed by atoms with E-state index in [1.54, 1.807) is 20.8 Å². The number of nitrogens with zero attached hydrogens (tertiary/aromatic N) is 2. The Balaban J connectivity index is 1.17. The van der Waals surface area contributed by atoms with Gasteiger partial charge in [-0.3, -0.25) is 9.59 Å². The Morgan fingerprint density at radius 2 is 1.81 bits per heavy atom. The summed E-state index contributed by atoms with van der Waals surface area (Å²) in [6.07, 6.45) is 13.6. The molecule has 4 heterocycles. The summed E-state index contributed by atoms with van der Waals surface area (Å²) >= 11 is 2.09. The summed E-state index contributed by atoms with van der Waals surface area (Å²) in [6.45, 7) is 5.54. The van der Waals surface area contributed by atoms with Crippen LogP contribution < -0.4 is 27.0 Å². The molecule has 2 unspecified atom stereocenters. The van der Waals surface area contributed by atoms with Gasteiger partial charge < -0.3 is 25.4 Å². The van der Waals surface area contributed by atoms with E-state index in [-0.39, 0.29) is 30.6 Å². The molecular weight excluding hydrogens is 634 g/mol. The maximum atomic E-state index is 14.3. The number of rotatable bonds is 5. The molecule has 0 radical (unpaired) electrons. The smallest absolute Gasteiger partial charge is 0.408 e. The molecule has 0 aromatic carbocycles. The second-order valence-electron chi connectivity index (χ2n) is 15.8. The third-order valence-corrected chi connectivity index (χ3v) is 12.4. The number of hydrogen-bond donors (Lipinski definition) is 6. The van der Waals surface area contributed by atoms with Crippen molar-refractivity contribution in [2.75, 3.05) is 18.1 Å². The largest absolute Gasteiger partial charge is 0.479 e. The predicted octanol–water partition coefficient (Wildman–Crippen LogP) is 3.04. The fourth-order valence-corrected chi connectivity index (χ4v) is 9.74. The zero-order valence-corrected chi connectivity index (χ0v) is 29.5. The number of hydrazine groups is 3. The van der Waals surface area contributed by atoms with Crippen molar-refractivity contribution >= 4 is 35.6 Å². The summed E-state index contributed by atoms with van der Waals surface area (Å²) in [6, 6.07) is -2.05. The van der Waals surface area contributed by atoms with Crippen LogP contribution in [0.25, 0.3) is 0 Å². The van der Waals surface area contributed by atoms with Gasteiger partial charge in [0.2, 0.25) is 11.8 Å². The van der Waals surface area contributed by atoms with Gasteiger partial charge >= 0.3 is 12.1 Å². The molecule has 0 bridgehead atoms. The van der Waals surface area contributed by atoms with Crippen LogP contribution in [0.15, 0.2) is 12.2 Å². The van der Waals surface area contributed by atoms with Crippen LogP contribution >= 0.6 is 11.8 Å². The molecule has 2 aliphatic carbocycles. The van der Waals surface area contributed by atoms with Crippen LogP contribution in [0.4, 0.5) is 4.79 Å². The van der Waals surface area contributed by atoms with E-state index in [0.29, 0.717) is 31.6 Å². The SMILES string of the molecule is CC(C)(C)OC(=O)N[C@H]1CCCCC/C=C\[C@@H]2C[C@@]2(C(=O)O)NC(=O)[C@@H]2C[C@@H](N3NNC(C4CCC(C5CCSC5)CC4)N3)CN2C1=O. The number of carboxylic acids is 1. The lowest BCUT2D eigenvalue weighted by Gasteiger charge is -2.34. The molecule has 7 atom stereocenters. The standard InChI is InChI=1S/C34H55N7O6S/c1-33(2,3)47-32(46)35-26-10-8-6-4-5-7-9-24-18-34(24,31(44)45)36-29(42)27-17-25(19-40(27)30(26)43)41-38-28(37-39-41)22-13-11-21(12-14-22)23-15-16-48-20-23/h7,9,21-28,37-39H,4-6,8,10-20H2,1-3H3,(H,35,46)(H,36,42)(H,44,45)/b9-7-/t21?,22?,23?,24-,25-,26+,27+,28?,34-/m1/s1. The fourth-order valence-electron chi connectivity index (χ4n) is 8.36. The summed E-state index contributed by atoms with van der Waals surface area (Å²) in [7, 11) is 0. The number of hydrogen-bond acceptors (Lipinski definition) is 10. The Hall–Kier alpha value is -2.39. The van der Waals surface area contributed by atoms with E-state index in [9.17, 15) is 24.3 Å². The average molecular weight is 690 g/mol. The van der Waals surface area contributed by atoms with Crippen LogP contribution in [0, 0.1) is 23.7 Å². The van der Waals surface area contributed by atoms with Crippen LogP contribution in [-0.4, -0.2) is 92.5 Å². The van der Waals surface area contributed by atoms with Gasteiger partial charge in [-0.05, 0) is 114 Å². The lowest BCUT2D eigenvalue weighted by Crippen LogP contribution is -2.56. The molecule has 13 nitrogen and oxygen atoms in total. The van der Waals surface area contributed by atoms with Crippen molar-refractivity contribution < 1.29 is 29.0 Å². The zero-order chi connectivity index (χ0) is 34.1. The number of carbonyl (C=O) groups excluding carboxylic acids is 3. The highest BCUT2D eigenvalue weighted by Crippen LogP contribution is 2.45. The first-order chi connectivity index (χ1) is 22.9. The van der Waals surface area contributed by atoms with Crippen LogP contribution in [-0.2, 0) is 19.1 Å².